The first-order chi connectivity index (χ1) is 9.85. The molecule has 0 atom stereocenters. The van der Waals surface area contributed by atoms with Crippen molar-refractivity contribution < 1.29 is 8.42 Å². The molecule has 0 aromatic rings. The van der Waals surface area contributed by atoms with E-state index in [1.54, 1.807) is 8.61 Å². The van der Waals surface area contributed by atoms with E-state index in [9.17, 15) is 8.42 Å². The third kappa shape index (κ3) is 4.58. The molecule has 2 aliphatic heterocycles. The van der Waals surface area contributed by atoms with Gasteiger partial charge in [0.1, 0.15) is 0 Å². The lowest BCUT2D eigenvalue weighted by Crippen LogP contribution is -2.53. The van der Waals surface area contributed by atoms with E-state index >= 15 is 0 Å². The average molecular weight is 336 g/mol. The number of nitrogens with zero attached hydrogens (tertiary/aromatic N) is 2. The fourth-order valence-electron chi connectivity index (χ4n) is 3.03. The minimum absolute atomic E-state index is 0.0225. The van der Waals surface area contributed by atoms with Crippen LogP contribution >= 0.6 is 11.8 Å². The first kappa shape index (κ1) is 17.5. The highest BCUT2D eigenvalue weighted by molar-refractivity contribution is 8.00. The molecule has 2 saturated heterocycles. The van der Waals surface area contributed by atoms with E-state index in [1.807, 2.05) is 11.8 Å². The Morgan fingerprint density at radius 1 is 1.19 bits per heavy atom. The van der Waals surface area contributed by atoms with Gasteiger partial charge in [-0.3, -0.25) is 0 Å². The van der Waals surface area contributed by atoms with Gasteiger partial charge in [0.15, 0.2) is 0 Å². The van der Waals surface area contributed by atoms with Crippen molar-refractivity contribution in [3.8, 4) is 0 Å². The summed E-state index contributed by atoms with van der Waals surface area (Å²) in [6.07, 6.45) is 1.94. The minimum Gasteiger partial charge on any atom is -0.317 e. The molecule has 124 valence electrons. The zero-order chi connectivity index (χ0) is 15.5. The van der Waals surface area contributed by atoms with Gasteiger partial charge in [-0.2, -0.15) is 28.8 Å². The monoisotopic (exact) mass is 335 g/mol. The maximum Gasteiger partial charge on any atom is 0.282 e. The van der Waals surface area contributed by atoms with Crippen molar-refractivity contribution in [1.82, 2.24) is 13.9 Å². The lowest BCUT2D eigenvalue weighted by molar-refractivity contribution is 0.247. The molecule has 2 rings (SSSR count). The summed E-state index contributed by atoms with van der Waals surface area (Å²) in [5, 5.41) is 3.36. The molecule has 0 aliphatic carbocycles. The van der Waals surface area contributed by atoms with Gasteiger partial charge >= 0.3 is 0 Å². The van der Waals surface area contributed by atoms with Gasteiger partial charge in [-0.15, -0.1) is 0 Å². The van der Waals surface area contributed by atoms with E-state index in [-0.39, 0.29) is 4.75 Å². The van der Waals surface area contributed by atoms with Crippen molar-refractivity contribution in [1.29, 1.82) is 0 Å². The topological polar surface area (TPSA) is 52.7 Å². The Labute approximate surface area is 134 Å². The highest BCUT2D eigenvalue weighted by Gasteiger charge is 2.38. The van der Waals surface area contributed by atoms with Crippen LogP contribution in [0.25, 0.3) is 0 Å². The molecule has 0 unspecified atom stereocenters. The van der Waals surface area contributed by atoms with Gasteiger partial charge in [-0.05, 0) is 45.7 Å². The largest absolute Gasteiger partial charge is 0.317 e. The third-order valence-corrected chi connectivity index (χ3v) is 7.58. The number of hydrogen-bond acceptors (Lipinski definition) is 4. The molecular formula is C14H29N3O2S2. The molecule has 1 N–H and O–H groups in total. The van der Waals surface area contributed by atoms with Crippen LogP contribution in [0.2, 0.25) is 0 Å². The Morgan fingerprint density at radius 3 is 2.43 bits per heavy atom. The lowest BCUT2D eigenvalue weighted by atomic mass is 9.98. The summed E-state index contributed by atoms with van der Waals surface area (Å²) in [5.41, 5.74) is 0. The summed E-state index contributed by atoms with van der Waals surface area (Å²) < 4.78 is 29.0. The summed E-state index contributed by atoms with van der Waals surface area (Å²) >= 11 is 1.86. The van der Waals surface area contributed by atoms with Gasteiger partial charge in [0.05, 0.1) is 0 Å². The van der Waals surface area contributed by atoms with Crippen LogP contribution in [-0.2, 0) is 10.2 Å². The maximum absolute atomic E-state index is 12.8. The van der Waals surface area contributed by atoms with Crippen LogP contribution in [0.1, 0.15) is 33.6 Å². The molecule has 2 fully saturated rings. The molecule has 2 heterocycles. The predicted molar refractivity (Wildman–Crippen MR) is 89.9 cm³/mol. The quantitative estimate of drug-likeness (QED) is 0.825. The lowest BCUT2D eigenvalue weighted by Gasteiger charge is -2.40. The molecule has 0 aromatic carbocycles. The molecular weight excluding hydrogens is 306 g/mol. The zero-order valence-corrected chi connectivity index (χ0v) is 15.1. The van der Waals surface area contributed by atoms with Crippen molar-refractivity contribution in [3.63, 3.8) is 0 Å². The Hall–Kier alpha value is 0.180. The first-order valence-corrected chi connectivity index (χ1v) is 10.3. The van der Waals surface area contributed by atoms with E-state index in [4.69, 9.17) is 0 Å². The molecule has 0 bridgehead atoms. The Kier molecular flexibility index (Phi) is 5.99. The zero-order valence-electron chi connectivity index (χ0n) is 13.5. The molecule has 2 aliphatic rings. The summed E-state index contributed by atoms with van der Waals surface area (Å²) in [5.74, 6) is 1.51. The van der Waals surface area contributed by atoms with Crippen LogP contribution in [0, 0.1) is 5.92 Å². The van der Waals surface area contributed by atoms with Gasteiger partial charge < -0.3 is 5.32 Å². The molecule has 0 spiro atoms. The average Bonchev–Trinajstić information content (AvgIpc) is 2.44. The Morgan fingerprint density at radius 2 is 1.86 bits per heavy atom. The van der Waals surface area contributed by atoms with Crippen molar-refractivity contribution in [2.24, 2.45) is 5.92 Å². The molecule has 0 radical (unpaired) electrons. The smallest absolute Gasteiger partial charge is 0.282 e. The van der Waals surface area contributed by atoms with Crippen LogP contribution in [0.15, 0.2) is 0 Å². The first-order valence-electron chi connectivity index (χ1n) is 7.95. The molecule has 21 heavy (non-hydrogen) atoms. The second-order valence-electron chi connectivity index (χ2n) is 6.60. The van der Waals surface area contributed by atoms with Gasteiger partial charge in [-0.25, -0.2) is 0 Å². The van der Waals surface area contributed by atoms with E-state index in [0.29, 0.717) is 32.1 Å². The molecule has 0 aromatic heterocycles. The Balaban J connectivity index is 1.92. The molecule has 5 nitrogen and oxygen atoms in total. The normalized spacial score (nSPS) is 26.0. The second-order valence-corrected chi connectivity index (χ2v) is 10.3. The van der Waals surface area contributed by atoms with E-state index < -0.39 is 10.2 Å². The summed E-state index contributed by atoms with van der Waals surface area (Å²) in [7, 11) is -3.27. The molecule has 0 amide bonds. The second kappa shape index (κ2) is 7.17. The number of thioether (sulfide) groups is 1. The van der Waals surface area contributed by atoms with Crippen LogP contribution in [0.3, 0.4) is 0 Å². The maximum atomic E-state index is 12.8. The van der Waals surface area contributed by atoms with Crippen molar-refractivity contribution in [2.75, 3.05) is 45.0 Å². The number of piperidine rings is 1. The van der Waals surface area contributed by atoms with Gasteiger partial charge in [-0.1, -0.05) is 6.92 Å². The molecule has 7 heteroatoms. The molecule has 0 saturated carbocycles. The highest BCUT2D eigenvalue weighted by Crippen LogP contribution is 2.32. The van der Waals surface area contributed by atoms with Gasteiger partial charge in [0.25, 0.3) is 10.2 Å². The van der Waals surface area contributed by atoms with Crippen LogP contribution < -0.4 is 5.32 Å². The fraction of sp³-hybridized carbons (Fsp3) is 1.00. The summed E-state index contributed by atoms with van der Waals surface area (Å²) in [4.78, 5) is 0. The minimum atomic E-state index is -3.27. The predicted octanol–water partition coefficient (Wildman–Crippen LogP) is 1.38. The SMILES string of the molecule is CCNCC1CCN(S(=O)(=O)N2CCSC(C)(C)C2)CC1. The fourth-order valence-corrected chi connectivity index (χ4v) is 6.14. The van der Waals surface area contributed by atoms with Crippen molar-refractivity contribution in [3.05, 3.63) is 0 Å². The summed E-state index contributed by atoms with van der Waals surface area (Å²) in [6.45, 7) is 11.0. The highest BCUT2D eigenvalue weighted by atomic mass is 32.2. The number of nitrogens with one attached hydrogen (secondary N) is 1. The Bertz CT molecular complexity index is 432. The van der Waals surface area contributed by atoms with Crippen LogP contribution in [0.4, 0.5) is 0 Å². The van der Waals surface area contributed by atoms with Crippen molar-refractivity contribution >= 4 is 22.0 Å². The van der Waals surface area contributed by atoms with E-state index in [1.165, 1.54) is 0 Å². The van der Waals surface area contributed by atoms with Gasteiger partial charge in [0, 0.05) is 36.7 Å². The standard InChI is InChI=1S/C14H29N3O2S2/c1-4-15-11-13-5-7-16(8-6-13)21(18,19)17-9-10-20-14(2,3)12-17/h13,15H,4-12H2,1-3H3. The van der Waals surface area contributed by atoms with E-state index in [2.05, 4.69) is 26.1 Å². The summed E-state index contributed by atoms with van der Waals surface area (Å²) in [6, 6.07) is 0. The van der Waals surface area contributed by atoms with E-state index in [0.717, 1.165) is 31.7 Å². The van der Waals surface area contributed by atoms with Crippen molar-refractivity contribution in [2.45, 2.75) is 38.4 Å². The third-order valence-electron chi connectivity index (χ3n) is 4.30. The number of rotatable bonds is 5. The number of hydrogen-bond donors (Lipinski definition) is 1. The van der Waals surface area contributed by atoms with Crippen LogP contribution in [0.5, 0.6) is 0 Å². The van der Waals surface area contributed by atoms with Crippen LogP contribution in [-0.4, -0.2) is 66.8 Å². The van der Waals surface area contributed by atoms with Gasteiger partial charge in [0.2, 0.25) is 0 Å².